The average molecular weight is 653 g/mol. The van der Waals surface area contributed by atoms with Crippen molar-refractivity contribution >= 4 is 11.9 Å². The van der Waals surface area contributed by atoms with Crippen LogP contribution in [0.3, 0.4) is 0 Å². The van der Waals surface area contributed by atoms with E-state index in [0.29, 0.717) is 35.3 Å². The van der Waals surface area contributed by atoms with Gasteiger partial charge in [-0.05, 0) is 99.7 Å². The Labute approximate surface area is 266 Å². The van der Waals surface area contributed by atoms with Crippen LogP contribution in [-0.2, 0) is 19.1 Å². The molecule has 4 saturated carbocycles. The maximum Gasteiger partial charge on any atom is 0.303 e. The highest BCUT2D eigenvalue weighted by Gasteiger charge is 2.68. The third-order valence-electron chi connectivity index (χ3n) is 14.5. The Kier molecular flexibility index (Phi) is 9.30. The Bertz CT molecular complexity index is 1010. The van der Waals surface area contributed by atoms with E-state index in [9.17, 15) is 9.59 Å². The Morgan fingerprint density at radius 2 is 1.26 bits per heavy atom. The molecule has 6 rings (SSSR count). The molecule has 4 unspecified atom stereocenters. The molecule has 42 heavy (non-hydrogen) atoms. The summed E-state index contributed by atoms with van der Waals surface area (Å²) in [5.74, 6) is 2.52. The van der Waals surface area contributed by atoms with Crippen LogP contribution in [0.2, 0.25) is 0 Å². The minimum atomic E-state index is -0.0998. The fourth-order valence-corrected chi connectivity index (χ4v) is 12.3. The van der Waals surface area contributed by atoms with Crippen LogP contribution in [0, 0.1) is 34.5 Å². The Morgan fingerprint density at radius 1 is 0.690 bits per heavy atom. The number of hydrogen-bond donors (Lipinski definition) is 0. The zero-order valence-corrected chi connectivity index (χ0v) is 29.1. The van der Waals surface area contributed by atoms with Gasteiger partial charge in [0.05, 0.1) is 40.3 Å². The fourth-order valence-electron chi connectivity index (χ4n) is 12.3. The molecular formula is C35H60BrN2O4+. The fraction of sp³-hybridized carbons (Fsp3) is 0.943. The Morgan fingerprint density at radius 3 is 1.83 bits per heavy atom. The number of esters is 2. The van der Waals surface area contributed by atoms with Gasteiger partial charge < -0.3 is 35.4 Å². The second-order valence-corrected chi connectivity index (χ2v) is 16.7. The first-order valence-corrected chi connectivity index (χ1v) is 17.4. The van der Waals surface area contributed by atoms with Crippen LogP contribution in [0.25, 0.3) is 0 Å². The van der Waals surface area contributed by atoms with Crippen molar-refractivity contribution in [1.29, 1.82) is 0 Å². The molecule has 7 heteroatoms. The van der Waals surface area contributed by atoms with Crippen LogP contribution in [0.5, 0.6) is 0 Å². The maximum atomic E-state index is 12.5. The predicted octanol–water partition coefficient (Wildman–Crippen LogP) is 3.11. The van der Waals surface area contributed by atoms with E-state index in [-0.39, 0.29) is 46.5 Å². The highest BCUT2D eigenvalue weighted by Crippen LogP contribution is 2.68. The highest BCUT2D eigenvalue weighted by atomic mass is 79.9. The largest absolute Gasteiger partial charge is 1.00 e. The predicted molar refractivity (Wildman–Crippen MR) is 161 cm³/mol. The summed E-state index contributed by atoms with van der Waals surface area (Å²) in [6.45, 7) is 13.3. The van der Waals surface area contributed by atoms with Crippen molar-refractivity contribution in [3.05, 3.63) is 0 Å². The van der Waals surface area contributed by atoms with Crippen LogP contribution in [0.15, 0.2) is 0 Å². The SMILES string of the molecule is CC(=O)O[C@H]1CC2CCC3C(CC[C@@]4(C)C3C[C@H]([N+]3(C)CCCCC3)[C@@H]4OC(C)=O)[C@@]2(C)C[C@@H]1[N+]1(C)CCCCC1.[Br-]. The number of likely N-dealkylation sites (N-methyl/N-ethyl adjacent to an activating group) is 2. The molecule has 0 radical (unpaired) electrons. The summed E-state index contributed by atoms with van der Waals surface area (Å²) in [5.41, 5.74) is 0.377. The van der Waals surface area contributed by atoms with Crippen molar-refractivity contribution in [3.63, 3.8) is 0 Å². The lowest BCUT2D eigenvalue weighted by molar-refractivity contribution is -0.943. The molecule has 0 aromatic heterocycles. The van der Waals surface area contributed by atoms with Crippen LogP contribution in [0.4, 0.5) is 0 Å². The van der Waals surface area contributed by atoms with Crippen molar-refractivity contribution in [2.75, 3.05) is 40.3 Å². The van der Waals surface area contributed by atoms with Gasteiger partial charge in [0.2, 0.25) is 0 Å². The zero-order valence-electron chi connectivity index (χ0n) is 27.5. The number of ether oxygens (including phenoxy) is 2. The molecule has 0 amide bonds. The number of rotatable bonds is 4. The normalized spacial score (nSPS) is 45.8. The van der Waals surface area contributed by atoms with Crippen molar-refractivity contribution in [3.8, 4) is 0 Å². The lowest BCUT2D eigenvalue weighted by Gasteiger charge is -2.63. The van der Waals surface area contributed by atoms with Crippen LogP contribution in [-0.4, -0.2) is 85.5 Å². The molecule has 0 spiro atoms. The minimum Gasteiger partial charge on any atom is -1.00 e. The lowest BCUT2D eigenvalue weighted by atomic mass is 9.44. The second kappa shape index (κ2) is 11.9. The standard InChI is InChI=1S/C35H60N2O4.BrH/c1-24(38)40-32-21-26-13-14-27-28(35(26,4)23-31(32)37(6)19-11-8-12-20-37)15-16-34(3)29(27)22-30(33(34)41-25(2)39)36(5)17-9-7-10-18-36;/h26-33H,7-23H2,1-6H3;1H/q+2;/p-1/t26?,27?,28?,29?,30-,31-,32-,33-,34-,35-;/m0./s1. The number of fused-ring (bicyclic) bond motifs is 5. The molecule has 0 aromatic rings. The number of carbonyl (C=O) groups excluding carboxylic acids is 2. The Balaban J connectivity index is 0.00000353. The lowest BCUT2D eigenvalue weighted by Crippen LogP contribution is -3.00. The smallest absolute Gasteiger partial charge is 0.303 e. The van der Waals surface area contributed by atoms with E-state index in [1.165, 1.54) is 103 Å². The molecule has 6 fully saturated rings. The van der Waals surface area contributed by atoms with Crippen molar-refractivity contribution in [2.45, 2.75) is 135 Å². The Hall–Kier alpha value is -0.660. The summed E-state index contributed by atoms with van der Waals surface area (Å²) in [5, 5.41) is 0. The molecule has 0 N–H and O–H groups in total. The molecule has 6 aliphatic rings. The quantitative estimate of drug-likeness (QED) is 0.346. The molecule has 0 aromatic carbocycles. The number of carbonyl (C=O) groups is 2. The van der Waals surface area contributed by atoms with Gasteiger partial charge in [0.15, 0.2) is 12.2 Å². The molecule has 10 atom stereocenters. The van der Waals surface area contributed by atoms with Gasteiger partial charge in [-0.25, -0.2) is 0 Å². The highest BCUT2D eigenvalue weighted by molar-refractivity contribution is 5.66. The molecule has 2 saturated heterocycles. The van der Waals surface area contributed by atoms with Crippen LogP contribution >= 0.6 is 0 Å². The van der Waals surface area contributed by atoms with Crippen molar-refractivity contribution < 1.29 is 45.0 Å². The third kappa shape index (κ3) is 5.42. The van der Waals surface area contributed by atoms with E-state index >= 15 is 0 Å². The number of nitrogens with zero attached hydrogens (tertiary/aromatic N) is 2. The second-order valence-electron chi connectivity index (χ2n) is 16.7. The van der Waals surface area contributed by atoms with E-state index in [1.54, 1.807) is 13.8 Å². The number of likely N-dealkylation sites (tertiary alicyclic amines) is 2. The van der Waals surface area contributed by atoms with Gasteiger partial charge in [0.25, 0.3) is 0 Å². The first kappa shape index (κ1) is 32.7. The van der Waals surface area contributed by atoms with Gasteiger partial charge >= 0.3 is 11.9 Å². The van der Waals surface area contributed by atoms with Crippen molar-refractivity contribution in [2.24, 2.45) is 34.5 Å². The number of halogens is 1. The molecule has 6 nitrogen and oxygen atoms in total. The van der Waals surface area contributed by atoms with E-state index in [1.807, 2.05) is 0 Å². The summed E-state index contributed by atoms with van der Waals surface area (Å²) in [4.78, 5) is 24.8. The van der Waals surface area contributed by atoms with Gasteiger partial charge in [-0.3, -0.25) is 9.59 Å². The van der Waals surface area contributed by atoms with E-state index in [0.717, 1.165) is 21.3 Å². The topological polar surface area (TPSA) is 52.6 Å². The molecule has 2 aliphatic heterocycles. The number of quaternary nitrogens is 2. The summed E-state index contributed by atoms with van der Waals surface area (Å²) < 4.78 is 14.7. The summed E-state index contributed by atoms with van der Waals surface area (Å²) in [7, 11) is 4.94. The third-order valence-corrected chi connectivity index (χ3v) is 14.5. The molecule has 4 aliphatic carbocycles. The van der Waals surface area contributed by atoms with E-state index in [2.05, 4.69) is 27.9 Å². The minimum absolute atomic E-state index is 0. The maximum absolute atomic E-state index is 12.5. The molecule has 240 valence electrons. The average Bonchev–Trinajstić information content (AvgIpc) is 3.21. The number of hydrogen-bond acceptors (Lipinski definition) is 4. The van der Waals surface area contributed by atoms with Gasteiger partial charge in [-0.1, -0.05) is 13.8 Å². The molecular weight excluding hydrogens is 592 g/mol. The van der Waals surface area contributed by atoms with Crippen LogP contribution in [0.1, 0.15) is 111 Å². The summed E-state index contributed by atoms with van der Waals surface area (Å²) >= 11 is 0. The van der Waals surface area contributed by atoms with E-state index < -0.39 is 0 Å². The first-order chi connectivity index (χ1) is 19.4. The molecule has 0 bridgehead atoms. The monoisotopic (exact) mass is 651 g/mol. The van der Waals surface area contributed by atoms with Gasteiger partial charge in [-0.15, -0.1) is 0 Å². The molecule has 2 heterocycles. The van der Waals surface area contributed by atoms with Crippen molar-refractivity contribution in [1.82, 2.24) is 0 Å². The number of piperidine rings is 2. The van der Waals surface area contributed by atoms with E-state index in [4.69, 9.17) is 9.47 Å². The summed E-state index contributed by atoms with van der Waals surface area (Å²) in [6.07, 6.45) is 16.4. The zero-order chi connectivity index (χ0) is 29.2. The first-order valence-electron chi connectivity index (χ1n) is 17.4. The summed E-state index contributed by atoms with van der Waals surface area (Å²) in [6, 6.07) is 0.846. The van der Waals surface area contributed by atoms with Gasteiger partial charge in [0, 0.05) is 32.1 Å². The van der Waals surface area contributed by atoms with Crippen LogP contribution < -0.4 is 17.0 Å². The van der Waals surface area contributed by atoms with Gasteiger partial charge in [0.1, 0.15) is 12.1 Å². The van der Waals surface area contributed by atoms with Gasteiger partial charge in [-0.2, -0.15) is 0 Å².